The third kappa shape index (κ3) is 8.81. The number of aromatic nitrogens is 1. The maximum Gasteiger partial charge on any atom is 0.272 e. The Morgan fingerprint density at radius 3 is 2.33 bits per heavy atom. The third-order valence-electron chi connectivity index (χ3n) is 6.86. The summed E-state index contributed by atoms with van der Waals surface area (Å²) in [5.74, 6) is 0.538. The summed E-state index contributed by atoms with van der Waals surface area (Å²) in [6.45, 7) is 0. The van der Waals surface area contributed by atoms with Gasteiger partial charge in [-0.2, -0.15) is 0 Å². The summed E-state index contributed by atoms with van der Waals surface area (Å²) in [7, 11) is 4.63. The summed E-state index contributed by atoms with van der Waals surface area (Å²) in [5.41, 5.74) is 3.06. The van der Waals surface area contributed by atoms with Gasteiger partial charge < -0.3 is 30.2 Å². The normalized spacial score (nSPS) is 10.9. The molecule has 0 unspecified atom stereocenters. The number of anilines is 2. The predicted octanol–water partition coefficient (Wildman–Crippen LogP) is 6.98. The molecule has 4 aromatic carbocycles. The van der Waals surface area contributed by atoms with Crippen LogP contribution in [0, 0.1) is 0 Å². The molecule has 1 aromatic heterocycles. The highest BCUT2D eigenvalue weighted by atomic mass is 32.2. The Morgan fingerprint density at radius 1 is 0.833 bits per heavy atom. The van der Waals surface area contributed by atoms with Gasteiger partial charge in [0.05, 0.1) is 32.8 Å². The zero-order valence-corrected chi connectivity index (χ0v) is 27.9. The quantitative estimate of drug-likeness (QED) is 0.0899. The van der Waals surface area contributed by atoms with Crippen molar-refractivity contribution in [3.63, 3.8) is 0 Å². The van der Waals surface area contributed by atoms with Crippen molar-refractivity contribution in [1.29, 1.82) is 0 Å². The molecule has 5 aromatic rings. The molecule has 1 heterocycles. The molecule has 0 saturated carbocycles. The van der Waals surface area contributed by atoms with Crippen molar-refractivity contribution >= 4 is 57.7 Å². The van der Waals surface area contributed by atoms with E-state index in [1.165, 1.54) is 43.4 Å². The van der Waals surface area contributed by atoms with Crippen molar-refractivity contribution in [1.82, 2.24) is 10.3 Å². The first-order valence-corrected chi connectivity index (χ1v) is 16.5. The lowest BCUT2D eigenvalue weighted by Crippen LogP contribution is -2.30. The Balaban J connectivity index is 1.26. The second kappa shape index (κ2) is 16.3. The number of thiazole rings is 1. The average Bonchev–Trinajstić information content (AvgIpc) is 3.59. The Hall–Kier alpha value is -5.59. The van der Waals surface area contributed by atoms with Crippen LogP contribution in [0.25, 0.3) is 17.3 Å². The molecule has 0 atom stereocenters. The lowest BCUT2D eigenvalue weighted by atomic mass is 10.1. The molecule has 0 spiro atoms. The van der Waals surface area contributed by atoms with Crippen LogP contribution in [-0.4, -0.2) is 49.8 Å². The van der Waals surface area contributed by atoms with Crippen LogP contribution in [0.5, 0.6) is 17.2 Å². The van der Waals surface area contributed by atoms with E-state index in [1.54, 1.807) is 73.8 Å². The zero-order chi connectivity index (χ0) is 33.9. The van der Waals surface area contributed by atoms with E-state index in [4.69, 9.17) is 14.2 Å². The van der Waals surface area contributed by atoms with Crippen LogP contribution < -0.4 is 30.2 Å². The number of ether oxygens (including phenoxy) is 3. The smallest absolute Gasteiger partial charge is 0.272 e. The highest BCUT2D eigenvalue weighted by Gasteiger charge is 2.18. The van der Waals surface area contributed by atoms with E-state index in [1.807, 2.05) is 35.7 Å². The Morgan fingerprint density at radius 2 is 1.60 bits per heavy atom. The van der Waals surface area contributed by atoms with Gasteiger partial charge in [0.1, 0.15) is 11.4 Å². The summed E-state index contributed by atoms with van der Waals surface area (Å²) in [6, 6.07) is 28.5. The maximum absolute atomic E-state index is 13.6. The average molecular weight is 681 g/mol. The first kappa shape index (κ1) is 33.8. The van der Waals surface area contributed by atoms with Gasteiger partial charge in [-0.15, -0.1) is 23.1 Å². The van der Waals surface area contributed by atoms with Crippen molar-refractivity contribution < 1.29 is 28.6 Å². The van der Waals surface area contributed by atoms with E-state index in [9.17, 15) is 14.4 Å². The molecule has 0 aliphatic rings. The number of carbonyl (C=O) groups is 3. The summed E-state index contributed by atoms with van der Waals surface area (Å²) < 4.78 is 16.1. The Bertz CT molecular complexity index is 1930. The van der Waals surface area contributed by atoms with Crippen molar-refractivity contribution in [3.05, 3.63) is 119 Å². The molecule has 3 amide bonds. The molecule has 0 radical (unpaired) electrons. The van der Waals surface area contributed by atoms with E-state index in [0.717, 1.165) is 21.9 Å². The molecule has 48 heavy (non-hydrogen) atoms. The van der Waals surface area contributed by atoms with Crippen LogP contribution in [0.15, 0.2) is 113 Å². The number of nitrogens with one attached hydrogen (secondary N) is 3. The minimum absolute atomic E-state index is 0.00898. The molecule has 3 N–H and O–H groups in total. The summed E-state index contributed by atoms with van der Waals surface area (Å²) in [4.78, 5) is 44.7. The SMILES string of the molecule is COc1ccc(-c2csc(NC(=O)CSc3cccc(NC(=O)/C(=C\c4cccc(OC)c4OC)NC(=O)c4ccccc4)c3)n2)cc1. The fourth-order valence-corrected chi connectivity index (χ4v) is 6.01. The molecule has 0 aliphatic carbocycles. The largest absolute Gasteiger partial charge is 0.497 e. The molecule has 5 rings (SSSR count). The lowest BCUT2D eigenvalue weighted by molar-refractivity contribution is -0.114. The molecule has 0 fully saturated rings. The number of carbonyl (C=O) groups excluding carboxylic acids is 3. The van der Waals surface area contributed by atoms with Gasteiger partial charge in [-0.05, 0) is 66.7 Å². The maximum atomic E-state index is 13.6. The summed E-state index contributed by atoms with van der Waals surface area (Å²) in [5, 5.41) is 10.8. The predicted molar refractivity (Wildman–Crippen MR) is 190 cm³/mol. The minimum Gasteiger partial charge on any atom is -0.497 e. The van der Waals surface area contributed by atoms with Gasteiger partial charge in [0, 0.05) is 32.7 Å². The van der Waals surface area contributed by atoms with Crippen molar-refractivity contribution in [2.45, 2.75) is 4.90 Å². The monoisotopic (exact) mass is 680 g/mol. The van der Waals surface area contributed by atoms with E-state index < -0.39 is 11.8 Å². The van der Waals surface area contributed by atoms with Gasteiger partial charge in [0.15, 0.2) is 16.6 Å². The molecular weight excluding hydrogens is 649 g/mol. The number of nitrogens with zero attached hydrogens (tertiary/aromatic N) is 1. The lowest BCUT2D eigenvalue weighted by Gasteiger charge is -2.14. The third-order valence-corrected chi connectivity index (χ3v) is 8.61. The van der Waals surface area contributed by atoms with E-state index in [0.29, 0.717) is 33.4 Å². The van der Waals surface area contributed by atoms with E-state index >= 15 is 0 Å². The number of methoxy groups -OCH3 is 3. The van der Waals surface area contributed by atoms with E-state index in [2.05, 4.69) is 20.9 Å². The molecule has 10 nitrogen and oxygen atoms in total. The highest BCUT2D eigenvalue weighted by molar-refractivity contribution is 8.00. The number of benzene rings is 4. The van der Waals surface area contributed by atoms with Gasteiger partial charge >= 0.3 is 0 Å². The van der Waals surface area contributed by atoms with Crippen LogP contribution in [-0.2, 0) is 9.59 Å². The highest BCUT2D eigenvalue weighted by Crippen LogP contribution is 2.32. The molecule has 244 valence electrons. The standard InChI is InChI=1S/C36H32N4O6S2/c1-44-27-17-15-23(16-18-27)30-21-48-36(39-30)40-32(41)22-47-28-13-8-12-26(20-28)37-35(43)29(38-34(42)24-9-5-4-6-10-24)19-25-11-7-14-31(45-2)33(25)46-3/h4-21H,22H2,1-3H3,(H,37,43)(H,38,42)(H,39,40,41)/b29-19+. The van der Waals surface area contributed by atoms with Crippen molar-refractivity contribution in [3.8, 4) is 28.5 Å². The molecule has 12 heteroatoms. The number of amides is 3. The molecule has 0 saturated heterocycles. The number of rotatable bonds is 13. The van der Waals surface area contributed by atoms with Crippen LogP contribution >= 0.6 is 23.1 Å². The number of para-hydroxylation sites is 1. The summed E-state index contributed by atoms with van der Waals surface area (Å²) in [6.07, 6.45) is 1.53. The number of hydrogen-bond acceptors (Lipinski definition) is 9. The van der Waals surface area contributed by atoms with Gasteiger partial charge in [0.2, 0.25) is 5.91 Å². The second-order valence-corrected chi connectivity index (χ2v) is 12.0. The van der Waals surface area contributed by atoms with Crippen LogP contribution in [0.2, 0.25) is 0 Å². The van der Waals surface area contributed by atoms with Gasteiger partial charge in [-0.3, -0.25) is 14.4 Å². The fraction of sp³-hybridized carbons (Fsp3) is 0.111. The second-order valence-electron chi connectivity index (χ2n) is 10.0. The summed E-state index contributed by atoms with van der Waals surface area (Å²) >= 11 is 2.65. The minimum atomic E-state index is -0.555. The van der Waals surface area contributed by atoms with Crippen LogP contribution in [0.4, 0.5) is 10.8 Å². The Labute approximate surface area is 286 Å². The zero-order valence-electron chi connectivity index (χ0n) is 26.3. The van der Waals surface area contributed by atoms with Gasteiger partial charge in [-0.1, -0.05) is 36.4 Å². The Kier molecular flexibility index (Phi) is 11.5. The number of hydrogen-bond donors (Lipinski definition) is 3. The van der Waals surface area contributed by atoms with Gasteiger partial charge in [-0.25, -0.2) is 4.98 Å². The first-order valence-electron chi connectivity index (χ1n) is 14.6. The van der Waals surface area contributed by atoms with Gasteiger partial charge in [0.25, 0.3) is 11.8 Å². The number of thioether (sulfide) groups is 1. The van der Waals surface area contributed by atoms with Crippen LogP contribution in [0.3, 0.4) is 0 Å². The molecule has 0 aliphatic heterocycles. The van der Waals surface area contributed by atoms with Crippen LogP contribution in [0.1, 0.15) is 15.9 Å². The fourth-order valence-electron chi connectivity index (χ4n) is 4.52. The molecular formula is C36H32N4O6S2. The topological polar surface area (TPSA) is 128 Å². The first-order chi connectivity index (χ1) is 23.4. The molecule has 0 bridgehead atoms. The van der Waals surface area contributed by atoms with E-state index in [-0.39, 0.29) is 17.4 Å². The van der Waals surface area contributed by atoms with Crippen molar-refractivity contribution in [2.24, 2.45) is 0 Å². The van der Waals surface area contributed by atoms with Crippen molar-refractivity contribution in [2.75, 3.05) is 37.7 Å².